The van der Waals surface area contributed by atoms with E-state index in [9.17, 15) is 14.4 Å². The second kappa shape index (κ2) is 14.4. The van der Waals surface area contributed by atoms with Gasteiger partial charge in [0.25, 0.3) is 11.8 Å². The summed E-state index contributed by atoms with van der Waals surface area (Å²) >= 11 is 0. The minimum Gasteiger partial charge on any atom is -0.497 e. The van der Waals surface area contributed by atoms with Crippen LogP contribution in [0, 0.1) is 0 Å². The molecule has 0 aliphatic carbocycles. The molecule has 9 nitrogen and oxygen atoms in total. The normalized spacial score (nSPS) is 10.5. The molecular weight excluding hydrogens is 536 g/mol. The Morgan fingerprint density at radius 2 is 1.36 bits per heavy atom. The van der Waals surface area contributed by atoms with Gasteiger partial charge < -0.3 is 29.2 Å². The van der Waals surface area contributed by atoms with Crippen molar-refractivity contribution in [3.05, 3.63) is 120 Å². The second-order valence-corrected chi connectivity index (χ2v) is 9.24. The minimum atomic E-state index is -0.699. The van der Waals surface area contributed by atoms with E-state index >= 15 is 0 Å². The van der Waals surface area contributed by atoms with Crippen LogP contribution in [0.2, 0.25) is 0 Å². The number of hydrogen-bond donors (Lipinski definition) is 1. The maximum atomic E-state index is 13.1. The van der Waals surface area contributed by atoms with Gasteiger partial charge in [-0.2, -0.15) is 0 Å². The zero-order valence-electron chi connectivity index (χ0n) is 23.6. The highest BCUT2D eigenvalue weighted by atomic mass is 16.5. The lowest BCUT2D eigenvalue weighted by atomic mass is 9.97. The third kappa shape index (κ3) is 7.66. The maximum absolute atomic E-state index is 13.1. The van der Waals surface area contributed by atoms with Crippen molar-refractivity contribution in [1.29, 1.82) is 0 Å². The maximum Gasteiger partial charge on any atom is 0.338 e. The quantitative estimate of drug-likeness (QED) is 0.237. The Hall–Kier alpha value is -5.31. The summed E-state index contributed by atoms with van der Waals surface area (Å²) in [5.74, 6) is -0.266. The zero-order chi connectivity index (χ0) is 29.9. The predicted molar refractivity (Wildman–Crippen MR) is 158 cm³/mol. The number of amides is 2. The van der Waals surface area contributed by atoms with Crippen molar-refractivity contribution in [1.82, 2.24) is 4.90 Å². The van der Waals surface area contributed by atoms with Crippen LogP contribution in [-0.4, -0.2) is 57.2 Å². The Kier molecular flexibility index (Phi) is 10.1. The van der Waals surface area contributed by atoms with Crippen molar-refractivity contribution in [2.75, 3.05) is 39.8 Å². The molecule has 4 aromatic rings. The summed E-state index contributed by atoms with van der Waals surface area (Å²) in [5, 5.41) is 2.73. The van der Waals surface area contributed by atoms with E-state index in [2.05, 4.69) is 5.32 Å². The van der Waals surface area contributed by atoms with Crippen LogP contribution in [-0.2, 0) is 14.3 Å². The SMILES string of the molecule is COc1ccc(NC(=O)COc2ccc(C(=O)OCC(=O)N(C)C(c3ccccc3)c3ccccc3)cc2OC)cc1. The molecule has 1 N–H and O–H groups in total. The molecule has 0 unspecified atom stereocenters. The van der Waals surface area contributed by atoms with Crippen LogP contribution in [0.15, 0.2) is 103 Å². The van der Waals surface area contributed by atoms with Gasteiger partial charge in [0.2, 0.25) is 0 Å². The number of anilines is 1. The molecule has 0 fully saturated rings. The van der Waals surface area contributed by atoms with Gasteiger partial charge in [-0.3, -0.25) is 9.59 Å². The van der Waals surface area contributed by atoms with Crippen LogP contribution in [0.25, 0.3) is 0 Å². The van der Waals surface area contributed by atoms with E-state index in [0.29, 0.717) is 11.4 Å². The second-order valence-electron chi connectivity index (χ2n) is 9.24. The van der Waals surface area contributed by atoms with E-state index in [0.717, 1.165) is 11.1 Å². The molecule has 0 bridgehead atoms. The number of nitrogens with one attached hydrogen (secondary N) is 1. The number of carbonyl (C=O) groups is 3. The molecular formula is C33H32N2O7. The standard InChI is InChI=1S/C33H32N2O7/c1-35(32(23-10-6-4-7-11-23)24-12-8-5-9-13-24)31(37)22-42-33(38)25-14-19-28(29(20-25)40-3)41-21-30(36)34-26-15-17-27(39-2)18-16-26/h4-20,32H,21-22H2,1-3H3,(H,34,36). The Morgan fingerprint density at radius 1 is 0.738 bits per heavy atom. The predicted octanol–water partition coefficient (Wildman–Crippen LogP) is 5.13. The number of benzene rings is 4. The van der Waals surface area contributed by atoms with Crippen molar-refractivity contribution in [2.45, 2.75) is 6.04 Å². The molecule has 4 aromatic carbocycles. The van der Waals surface area contributed by atoms with Crippen LogP contribution >= 0.6 is 0 Å². The number of ether oxygens (including phenoxy) is 4. The number of nitrogens with zero attached hydrogens (tertiary/aromatic N) is 1. The van der Waals surface area contributed by atoms with E-state index in [1.54, 1.807) is 43.3 Å². The number of carbonyl (C=O) groups excluding carboxylic acids is 3. The molecule has 0 spiro atoms. The summed E-state index contributed by atoms with van der Waals surface area (Å²) < 4.78 is 21.4. The fraction of sp³-hybridized carbons (Fsp3) is 0.182. The summed E-state index contributed by atoms with van der Waals surface area (Å²) in [4.78, 5) is 39.8. The molecule has 0 aromatic heterocycles. The molecule has 4 rings (SSSR count). The summed E-state index contributed by atoms with van der Waals surface area (Å²) in [5.41, 5.74) is 2.63. The first kappa shape index (κ1) is 29.7. The zero-order valence-corrected chi connectivity index (χ0v) is 23.6. The fourth-order valence-electron chi connectivity index (χ4n) is 4.30. The van der Waals surface area contributed by atoms with E-state index in [1.165, 1.54) is 25.3 Å². The highest BCUT2D eigenvalue weighted by Gasteiger charge is 2.24. The number of likely N-dealkylation sites (N-methyl/N-ethyl adjacent to an activating group) is 1. The van der Waals surface area contributed by atoms with Gasteiger partial charge in [0.15, 0.2) is 24.7 Å². The Bertz CT molecular complexity index is 1450. The monoisotopic (exact) mass is 568 g/mol. The molecule has 216 valence electrons. The number of esters is 1. The molecule has 0 saturated heterocycles. The third-order valence-corrected chi connectivity index (χ3v) is 6.47. The van der Waals surface area contributed by atoms with Crippen molar-refractivity contribution >= 4 is 23.5 Å². The van der Waals surface area contributed by atoms with Crippen molar-refractivity contribution in [2.24, 2.45) is 0 Å². The highest BCUT2D eigenvalue weighted by Crippen LogP contribution is 2.29. The van der Waals surface area contributed by atoms with Crippen LogP contribution < -0.4 is 19.5 Å². The number of methoxy groups -OCH3 is 2. The van der Waals surface area contributed by atoms with Gasteiger partial charge >= 0.3 is 5.97 Å². The van der Waals surface area contributed by atoms with Crippen molar-refractivity contribution < 1.29 is 33.3 Å². The Labute approximate surface area is 244 Å². The number of hydrogen-bond acceptors (Lipinski definition) is 7. The Balaban J connectivity index is 1.35. The molecule has 0 radical (unpaired) electrons. The van der Waals surface area contributed by atoms with Gasteiger partial charge in [-0.15, -0.1) is 0 Å². The van der Waals surface area contributed by atoms with Crippen LogP contribution in [0.4, 0.5) is 5.69 Å². The largest absolute Gasteiger partial charge is 0.497 e. The van der Waals surface area contributed by atoms with Crippen LogP contribution in [0.5, 0.6) is 17.2 Å². The van der Waals surface area contributed by atoms with Gasteiger partial charge in [0.1, 0.15) is 5.75 Å². The van der Waals surface area contributed by atoms with E-state index < -0.39 is 12.6 Å². The lowest BCUT2D eigenvalue weighted by Gasteiger charge is -2.29. The number of rotatable bonds is 12. The molecule has 42 heavy (non-hydrogen) atoms. The minimum absolute atomic E-state index is 0.167. The van der Waals surface area contributed by atoms with Crippen LogP contribution in [0.3, 0.4) is 0 Å². The Morgan fingerprint density at radius 3 is 1.93 bits per heavy atom. The summed E-state index contributed by atoms with van der Waals surface area (Å²) in [6.45, 7) is -0.728. The fourth-order valence-corrected chi connectivity index (χ4v) is 4.30. The molecule has 0 aliphatic rings. The highest BCUT2D eigenvalue weighted by molar-refractivity contribution is 5.93. The topological polar surface area (TPSA) is 103 Å². The lowest BCUT2D eigenvalue weighted by molar-refractivity contribution is -0.134. The molecule has 0 saturated carbocycles. The van der Waals surface area contributed by atoms with Gasteiger partial charge in [-0.1, -0.05) is 60.7 Å². The van der Waals surface area contributed by atoms with E-state index in [1.807, 2.05) is 60.7 Å². The first-order valence-electron chi connectivity index (χ1n) is 13.2. The van der Waals surface area contributed by atoms with Gasteiger partial charge in [-0.25, -0.2) is 4.79 Å². The van der Waals surface area contributed by atoms with Gasteiger partial charge in [0, 0.05) is 12.7 Å². The molecule has 2 amide bonds. The molecule has 0 aliphatic heterocycles. The third-order valence-electron chi connectivity index (χ3n) is 6.47. The molecule has 9 heteroatoms. The average molecular weight is 569 g/mol. The van der Waals surface area contributed by atoms with Gasteiger partial charge in [0.05, 0.1) is 25.8 Å². The summed E-state index contributed by atoms with van der Waals surface area (Å²) in [6.07, 6.45) is 0. The van der Waals surface area contributed by atoms with Crippen molar-refractivity contribution in [3.63, 3.8) is 0 Å². The molecule has 0 heterocycles. The summed E-state index contributed by atoms with van der Waals surface area (Å²) in [6, 6.07) is 30.2. The van der Waals surface area contributed by atoms with E-state index in [-0.39, 0.29) is 41.5 Å². The van der Waals surface area contributed by atoms with Gasteiger partial charge in [-0.05, 0) is 53.6 Å². The average Bonchev–Trinajstić information content (AvgIpc) is 3.03. The lowest BCUT2D eigenvalue weighted by Crippen LogP contribution is -2.35. The van der Waals surface area contributed by atoms with Crippen LogP contribution in [0.1, 0.15) is 27.5 Å². The first-order chi connectivity index (χ1) is 20.4. The van der Waals surface area contributed by atoms with E-state index in [4.69, 9.17) is 18.9 Å². The molecule has 0 atom stereocenters. The smallest absolute Gasteiger partial charge is 0.338 e. The van der Waals surface area contributed by atoms with Crippen molar-refractivity contribution in [3.8, 4) is 17.2 Å². The summed E-state index contributed by atoms with van der Waals surface area (Å²) in [7, 11) is 4.66. The first-order valence-corrected chi connectivity index (χ1v) is 13.2.